The fraction of sp³-hybridized carbons (Fsp3) is 0.538. The Kier molecular flexibility index (Phi) is 4.31. The largest absolute Gasteiger partial charge is 0.389 e. The van der Waals surface area contributed by atoms with Gasteiger partial charge in [-0.1, -0.05) is 6.07 Å². The lowest BCUT2D eigenvalue weighted by molar-refractivity contribution is -0.384. The SMILES string of the molecule is CC1CSCCN1c1ccc([C@@H](C)O)cc1[N+](=O)[O-]. The lowest BCUT2D eigenvalue weighted by Crippen LogP contribution is -2.40. The van der Waals surface area contributed by atoms with Crippen LogP contribution >= 0.6 is 11.8 Å². The first kappa shape index (κ1) is 14.1. The molecule has 2 rings (SSSR count). The van der Waals surface area contributed by atoms with Crippen LogP contribution in [0.25, 0.3) is 0 Å². The van der Waals surface area contributed by atoms with E-state index in [2.05, 4.69) is 11.8 Å². The Morgan fingerprint density at radius 1 is 1.58 bits per heavy atom. The average molecular weight is 282 g/mol. The van der Waals surface area contributed by atoms with Crippen LogP contribution in [0.3, 0.4) is 0 Å². The Morgan fingerprint density at radius 3 is 2.89 bits per heavy atom. The number of benzene rings is 1. The Labute approximate surface area is 116 Å². The highest BCUT2D eigenvalue weighted by Gasteiger charge is 2.26. The Morgan fingerprint density at radius 2 is 2.32 bits per heavy atom. The van der Waals surface area contributed by atoms with Gasteiger partial charge in [0.25, 0.3) is 5.69 Å². The second-order valence-electron chi connectivity index (χ2n) is 4.80. The predicted molar refractivity (Wildman–Crippen MR) is 77.9 cm³/mol. The molecule has 0 bridgehead atoms. The van der Waals surface area contributed by atoms with Crippen molar-refractivity contribution in [3.8, 4) is 0 Å². The molecule has 1 aromatic carbocycles. The fourth-order valence-corrected chi connectivity index (χ4v) is 3.29. The first-order chi connectivity index (χ1) is 9.00. The normalized spacial score (nSPS) is 21.2. The minimum absolute atomic E-state index is 0.0807. The fourth-order valence-electron chi connectivity index (χ4n) is 2.27. The van der Waals surface area contributed by atoms with Crippen molar-refractivity contribution >= 4 is 23.1 Å². The van der Waals surface area contributed by atoms with Gasteiger partial charge in [-0.15, -0.1) is 0 Å². The topological polar surface area (TPSA) is 66.6 Å². The first-order valence-electron chi connectivity index (χ1n) is 6.31. The summed E-state index contributed by atoms with van der Waals surface area (Å²) < 4.78 is 0. The van der Waals surface area contributed by atoms with E-state index in [-0.39, 0.29) is 16.7 Å². The molecule has 0 aliphatic carbocycles. The van der Waals surface area contributed by atoms with E-state index in [4.69, 9.17) is 0 Å². The second-order valence-corrected chi connectivity index (χ2v) is 5.95. The molecule has 1 heterocycles. The van der Waals surface area contributed by atoms with Crippen LogP contribution in [0.1, 0.15) is 25.5 Å². The molecule has 0 amide bonds. The van der Waals surface area contributed by atoms with E-state index in [1.807, 2.05) is 11.8 Å². The second kappa shape index (κ2) is 5.79. The summed E-state index contributed by atoms with van der Waals surface area (Å²) in [5.41, 5.74) is 1.31. The van der Waals surface area contributed by atoms with Crippen LogP contribution in [0, 0.1) is 10.1 Å². The first-order valence-corrected chi connectivity index (χ1v) is 7.47. The number of hydrogen-bond acceptors (Lipinski definition) is 5. The molecule has 1 aliphatic rings. The van der Waals surface area contributed by atoms with Gasteiger partial charge in [-0.3, -0.25) is 10.1 Å². The zero-order valence-corrected chi connectivity index (χ0v) is 11.9. The van der Waals surface area contributed by atoms with Crippen molar-refractivity contribution in [1.29, 1.82) is 0 Å². The van der Waals surface area contributed by atoms with Crippen LogP contribution in [0.5, 0.6) is 0 Å². The highest BCUT2D eigenvalue weighted by Crippen LogP contribution is 2.34. The summed E-state index contributed by atoms with van der Waals surface area (Å²) in [4.78, 5) is 13.0. The molecule has 19 heavy (non-hydrogen) atoms. The van der Waals surface area contributed by atoms with Gasteiger partial charge in [-0.05, 0) is 25.5 Å². The van der Waals surface area contributed by atoms with Crippen LogP contribution in [0.2, 0.25) is 0 Å². The maximum atomic E-state index is 11.2. The van der Waals surface area contributed by atoms with Crippen molar-refractivity contribution in [3.05, 3.63) is 33.9 Å². The van der Waals surface area contributed by atoms with E-state index < -0.39 is 6.10 Å². The van der Waals surface area contributed by atoms with Gasteiger partial charge in [0, 0.05) is 30.2 Å². The van der Waals surface area contributed by atoms with Crippen molar-refractivity contribution < 1.29 is 10.0 Å². The summed E-state index contributed by atoms with van der Waals surface area (Å²) in [6.45, 7) is 4.51. The molecule has 6 heteroatoms. The summed E-state index contributed by atoms with van der Waals surface area (Å²) in [6, 6.07) is 5.29. The van der Waals surface area contributed by atoms with E-state index in [0.29, 0.717) is 11.3 Å². The minimum atomic E-state index is -0.693. The number of thioether (sulfide) groups is 1. The minimum Gasteiger partial charge on any atom is -0.389 e. The van der Waals surface area contributed by atoms with Gasteiger partial charge in [-0.25, -0.2) is 0 Å². The molecule has 0 spiro atoms. The van der Waals surface area contributed by atoms with Crippen LogP contribution in [-0.4, -0.2) is 34.1 Å². The zero-order chi connectivity index (χ0) is 14.0. The van der Waals surface area contributed by atoms with Gasteiger partial charge in [-0.2, -0.15) is 11.8 Å². The molecule has 5 nitrogen and oxygen atoms in total. The predicted octanol–water partition coefficient (Wildman–Crippen LogP) is 2.59. The molecule has 1 unspecified atom stereocenters. The highest BCUT2D eigenvalue weighted by molar-refractivity contribution is 7.99. The molecule has 0 saturated carbocycles. The average Bonchev–Trinajstić information content (AvgIpc) is 2.38. The van der Waals surface area contributed by atoms with Gasteiger partial charge in [0.15, 0.2) is 0 Å². The lowest BCUT2D eigenvalue weighted by atomic mass is 10.1. The van der Waals surface area contributed by atoms with Crippen LogP contribution in [-0.2, 0) is 0 Å². The molecule has 0 aromatic heterocycles. The molecule has 1 aliphatic heterocycles. The summed E-state index contributed by atoms with van der Waals surface area (Å²) in [6.07, 6.45) is -0.693. The maximum Gasteiger partial charge on any atom is 0.292 e. The third-order valence-corrected chi connectivity index (χ3v) is 4.54. The Hall–Kier alpha value is -1.27. The quantitative estimate of drug-likeness (QED) is 0.682. The van der Waals surface area contributed by atoms with Crippen molar-refractivity contribution in [2.24, 2.45) is 0 Å². The number of nitrogens with zero attached hydrogens (tertiary/aromatic N) is 2. The van der Waals surface area contributed by atoms with Crippen LogP contribution in [0.4, 0.5) is 11.4 Å². The van der Waals surface area contributed by atoms with Crippen molar-refractivity contribution in [2.45, 2.75) is 26.0 Å². The van der Waals surface area contributed by atoms with E-state index >= 15 is 0 Å². The van der Waals surface area contributed by atoms with Gasteiger partial charge in [0.05, 0.1) is 11.0 Å². The Balaban J connectivity index is 2.41. The van der Waals surface area contributed by atoms with Crippen LogP contribution in [0.15, 0.2) is 18.2 Å². The number of anilines is 1. The zero-order valence-electron chi connectivity index (χ0n) is 11.1. The number of aliphatic hydroxyl groups is 1. The number of aliphatic hydroxyl groups excluding tert-OH is 1. The third kappa shape index (κ3) is 3.01. The molecule has 1 saturated heterocycles. The van der Waals surface area contributed by atoms with Gasteiger partial charge in [0.1, 0.15) is 5.69 Å². The summed E-state index contributed by atoms with van der Waals surface area (Å²) in [7, 11) is 0. The molecule has 1 fully saturated rings. The van der Waals surface area contributed by atoms with E-state index in [0.717, 1.165) is 18.1 Å². The van der Waals surface area contributed by atoms with E-state index in [1.54, 1.807) is 19.1 Å². The summed E-state index contributed by atoms with van der Waals surface area (Å²) in [5, 5.41) is 20.8. The number of rotatable bonds is 3. The molecule has 2 atom stereocenters. The number of hydrogen-bond donors (Lipinski definition) is 1. The molecule has 104 valence electrons. The third-order valence-electron chi connectivity index (χ3n) is 3.36. The molecular formula is C13H18N2O3S. The molecule has 1 N–H and O–H groups in total. The maximum absolute atomic E-state index is 11.2. The van der Waals surface area contributed by atoms with E-state index in [1.165, 1.54) is 6.07 Å². The molecule has 0 radical (unpaired) electrons. The van der Waals surface area contributed by atoms with E-state index in [9.17, 15) is 15.2 Å². The van der Waals surface area contributed by atoms with Crippen molar-refractivity contribution in [1.82, 2.24) is 0 Å². The van der Waals surface area contributed by atoms with Gasteiger partial charge < -0.3 is 10.0 Å². The highest BCUT2D eigenvalue weighted by atomic mass is 32.2. The summed E-state index contributed by atoms with van der Waals surface area (Å²) in [5.74, 6) is 1.97. The number of nitro groups is 1. The lowest BCUT2D eigenvalue weighted by Gasteiger charge is -2.34. The van der Waals surface area contributed by atoms with Crippen LogP contribution < -0.4 is 4.90 Å². The van der Waals surface area contributed by atoms with Gasteiger partial charge >= 0.3 is 0 Å². The Bertz CT molecular complexity index is 479. The standard InChI is InChI=1S/C13H18N2O3S/c1-9-8-19-6-5-14(9)12-4-3-11(10(2)16)7-13(12)15(17)18/h3-4,7,9-10,16H,5-6,8H2,1-2H3/t9?,10-/m1/s1. The smallest absolute Gasteiger partial charge is 0.292 e. The van der Waals surface area contributed by atoms with Crippen molar-refractivity contribution in [2.75, 3.05) is 23.0 Å². The number of nitro benzene ring substituents is 1. The van der Waals surface area contributed by atoms with Gasteiger partial charge in [0.2, 0.25) is 0 Å². The molecular weight excluding hydrogens is 264 g/mol. The monoisotopic (exact) mass is 282 g/mol. The van der Waals surface area contributed by atoms with Crippen molar-refractivity contribution in [3.63, 3.8) is 0 Å². The summed E-state index contributed by atoms with van der Waals surface area (Å²) >= 11 is 1.87. The molecule has 1 aromatic rings.